The van der Waals surface area contributed by atoms with E-state index in [1.807, 2.05) is 64.2 Å². The molecule has 5 N–H and O–H groups in total. The van der Waals surface area contributed by atoms with Crippen molar-refractivity contribution in [3.8, 4) is 39.2 Å². The number of carbonyl (C=O) groups is 2. The number of carbonyl (C=O) groups excluding carboxylic acids is 2. The Morgan fingerprint density at radius 1 is 0.896 bits per heavy atom. The number of phenolic OH excluding ortho intramolecular Hbond substituents is 1. The number of likely N-dealkylation sites (tertiary alicyclic amines) is 2. The van der Waals surface area contributed by atoms with Crippen LogP contribution >= 0.6 is 11.3 Å². The van der Waals surface area contributed by atoms with Gasteiger partial charge < -0.3 is 54.7 Å². The molecule has 20 nitrogen and oxygen atoms in total. The lowest BCUT2D eigenvalue weighted by atomic mass is 9.91. The number of anilines is 3. The first-order chi connectivity index (χ1) is 37.3. The maximum Gasteiger partial charge on any atom is 0.254 e. The Kier molecular flexibility index (Phi) is 15.3. The number of aromatic nitrogens is 6. The van der Waals surface area contributed by atoms with Crippen LogP contribution in [-0.4, -0.2) is 151 Å². The van der Waals surface area contributed by atoms with Gasteiger partial charge in [-0.05, 0) is 80.9 Å². The van der Waals surface area contributed by atoms with E-state index in [-0.39, 0.29) is 66.8 Å². The van der Waals surface area contributed by atoms with Crippen molar-refractivity contribution in [2.45, 2.75) is 127 Å². The number of fused-ring (bicyclic) bond motifs is 2. The number of piperidine rings is 1. The number of rotatable bonds is 18. The number of nitrogens with two attached hydrogens (primary N) is 1. The summed E-state index contributed by atoms with van der Waals surface area (Å²) in [5.74, 6) is 0.240. The number of aromatic hydroxyl groups is 1. The number of thiazole rings is 1. The van der Waals surface area contributed by atoms with Gasteiger partial charge in [-0.25, -0.2) is 9.97 Å². The number of piperazine rings is 1. The number of hydrogen-bond donors (Lipinski definition) is 4. The van der Waals surface area contributed by atoms with Crippen LogP contribution in [0, 0.1) is 12.8 Å². The van der Waals surface area contributed by atoms with Crippen LogP contribution in [0.1, 0.15) is 94.8 Å². The van der Waals surface area contributed by atoms with Gasteiger partial charge in [0.05, 0.1) is 57.5 Å². The van der Waals surface area contributed by atoms with Crippen molar-refractivity contribution < 1.29 is 38.5 Å². The van der Waals surface area contributed by atoms with E-state index in [1.165, 1.54) is 4.90 Å². The van der Waals surface area contributed by atoms with Gasteiger partial charge in [0.25, 0.3) is 5.88 Å². The van der Waals surface area contributed by atoms with E-state index < -0.39 is 24.1 Å². The standard InChI is InChI=1S/C56H68N12O8S/c1-32(2)52(56(72)67-30-39(69)22-47(67)55(71)61-33(3)44-12-9-35(27-59-44)53-34(4)60-31-77-53)49-26-51(64-76-49)73-20-19-65-17-14-40(15-18-65)74-41-23-42(24-41)75-50-21-36(13-16-58-50)68-37-10-11-38(68)29-66(28-37)46-25-45(62-63-54(46)57)43-7-5-6-8-48(43)70/h5-9,12-13,16,21,25-27,31-33,37-42,47,52,69-70H,10-11,14-15,17-20,22-24,28-30H2,1-4H3,(H2,57,63)(H,61,71)/t33-,37?,38?,39+,41?,42?,47-,52+/m0/s1. The number of hydrogen-bond acceptors (Lipinski definition) is 19. The van der Waals surface area contributed by atoms with Crippen molar-refractivity contribution in [2.75, 3.05) is 61.4 Å². The second-order valence-electron chi connectivity index (χ2n) is 21.6. The Morgan fingerprint density at radius 2 is 1.69 bits per heavy atom. The van der Waals surface area contributed by atoms with E-state index >= 15 is 0 Å². The highest BCUT2D eigenvalue weighted by atomic mass is 32.1. The quantitative estimate of drug-likeness (QED) is 0.0713. The van der Waals surface area contributed by atoms with Crippen LogP contribution in [0.25, 0.3) is 21.7 Å². The number of aliphatic hydroxyl groups excluding tert-OH is 1. The van der Waals surface area contributed by atoms with Crippen molar-refractivity contribution in [1.82, 2.24) is 45.4 Å². The molecule has 5 aliphatic rings. The molecule has 406 valence electrons. The minimum Gasteiger partial charge on any atom is -0.507 e. The summed E-state index contributed by atoms with van der Waals surface area (Å²) < 4.78 is 24.7. The topological polar surface area (TPSA) is 244 Å². The number of nitrogens with one attached hydrogen (secondary N) is 1. The van der Waals surface area contributed by atoms with Gasteiger partial charge in [-0.1, -0.05) is 32.0 Å². The predicted molar refractivity (Wildman–Crippen MR) is 290 cm³/mol. The highest BCUT2D eigenvalue weighted by Gasteiger charge is 2.45. The molecule has 0 spiro atoms. The van der Waals surface area contributed by atoms with E-state index in [1.54, 1.807) is 41.2 Å². The number of para-hydroxylation sites is 1. The molecule has 2 amide bonds. The molecule has 5 aromatic heterocycles. The number of nitrogen functional groups attached to an aromatic ring is 1. The molecule has 9 heterocycles. The Morgan fingerprint density at radius 3 is 2.42 bits per heavy atom. The molecule has 2 unspecified atom stereocenters. The maximum absolute atomic E-state index is 14.2. The van der Waals surface area contributed by atoms with Crippen molar-refractivity contribution in [1.29, 1.82) is 0 Å². The summed E-state index contributed by atoms with van der Waals surface area (Å²) in [6, 6.07) is 18.0. The molecule has 4 aliphatic heterocycles. The van der Waals surface area contributed by atoms with E-state index in [2.05, 4.69) is 62.5 Å². The van der Waals surface area contributed by atoms with Crippen molar-refractivity contribution in [2.24, 2.45) is 5.92 Å². The summed E-state index contributed by atoms with van der Waals surface area (Å²) >= 11 is 1.55. The number of amides is 2. The van der Waals surface area contributed by atoms with Crippen molar-refractivity contribution in [3.63, 3.8) is 0 Å². The second kappa shape index (κ2) is 22.6. The van der Waals surface area contributed by atoms with Gasteiger partial charge in [-0.3, -0.25) is 19.5 Å². The van der Waals surface area contributed by atoms with E-state index in [9.17, 15) is 19.8 Å². The zero-order valence-corrected chi connectivity index (χ0v) is 44.8. The first kappa shape index (κ1) is 52.1. The summed E-state index contributed by atoms with van der Waals surface area (Å²) in [6.07, 6.45) is 8.95. The van der Waals surface area contributed by atoms with Crippen molar-refractivity contribution in [3.05, 3.63) is 95.7 Å². The fraction of sp³-hybridized carbons (Fsp3) is 0.500. The molecule has 0 radical (unpaired) electrons. The SMILES string of the molecule is Cc1ncsc1-c1ccc([C@H](C)NC(=O)[C@@H]2C[C@@H](O)CN2C(=O)[C@@H](c2cc(OCCN3CCC(OC4CC(Oc5cc(N6C7CCC6CN(c6cc(-c8ccccc8O)nnc6N)C7)ccn5)C4)CC3)no2)C(C)C)nc1. The predicted octanol–water partition coefficient (Wildman–Crippen LogP) is 6.55. The third kappa shape index (κ3) is 11.4. The number of aliphatic hydroxyl groups is 1. The average molecular weight is 1070 g/mol. The Bertz CT molecular complexity index is 3000. The van der Waals surface area contributed by atoms with Crippen LogP contribution in [0.15, 0.2) is 83.1 Å². The summed E-state index contributed by atoms with van der Waals surface area (Å²) in [5, 5.41) is 36.9. The zero-order valence-electron chi connectivity index (χ0n) is 44.0. The number of ether oxygens (including phenoxy) is 3. The van der Waals surface area contributed by atoms with Gasteiger partial charge >= 0.3 is 0 Å². The molecular weight excluding hydrogens is 1000 g/mol. The Balaban J connectivity index is 0.601. The van der Waals surface area contributed by atoms with Gasteiger partial charge in [0.15, 0.2) is 11.6 Å². The van der Waals surface area contributed by atoms with Crippen molar-refractivity contribution >= 4 is 40.3 Å². The summed E-state index contributed by atoms with van der Waals surface area (Å²) in [5.41, 5.74) is 13.9. The minimum absolute atomic E-state index is 0.0372. The van der Waals surface area contributed by atoms with Crippen LogP contribution in [0.2, 0.25) is 0 Å². The fourth-order valence-electron chi connectivity index (χ4n) is 11.8. The fourth-order valence-corrected chi connectivity index (χ4v) is 12.6. The first-order valence-corrected chi connectivity index (χ1v) is 27.9. The third-order valence-corrected chi connectivity index (χ3v) is 16.9. The highest BCUT2D eigenvalue weighted by molar-refractivity contribution is 7.13. The molecule has 77 heavy (non-hydrogen) atoms. The lowest BCUT2D eigenvalue weighted by Gasteiger charge is -2.43. The Hall–Kier alpha value is -6.94. The minimum atomic E-state index is -0.857. The lowest BCUT2D eigenvalue weighted by molar-refractivity contribution is -0.141. The molecule has 1 aromatic carbocycles. The summed E-state index contributed by atoms with van der Waals surface area (Å²) in [4.78, 5) is 51.2. The van der Waals surface area contributed by atoms with Crippen LogP contribution in [0.5, 0.6) is 17.5 Å². The molecule has 2 bridgehead atoms. The molecule has 5 fully saturated rings. The molecular formula is C56H68N12O8S. The normalized spacial score (nSPS) is 23.5. The molecule has 6 atom stereocenters. The monoisotopic (exact) mass is 1070 g/mol. The number of pyridine rings is 2. The van der Waals surface area contributed by atoms with Gasteiger partial charge in [-0.2, -0.15) is 0 Å². The van der Waals surface area contributed by atoms with Crippen LogP contribution < -0.4 is 30.3 Å². The number of phenols is 1. The molecule has 11 rings (SSSR count). The largest absolute Gasteiger partial charge is 0.507 e. The van der Waals surface area contributed by atoms with Crippen LogP contribution in [-0.2, 0) is 14.3 Å². The summed E-state index contributed by atoms with van der Waals surface area (Å²) in [6.45, 7) is 12.1. The van der Waals surface area contributed by atoms with Gasteiger partial charge in [0, 0.05) is 112 Å². The third-order valence-electron chi connectivity index (χ3n) is 15.9. The summed E-state index contributed by atoms with van der Waals surface area (Å²) in [7, 11) is 0. The first-order valence-electron chi connectivity index (χ1n) is 27.0. The Labute approximate surface area is 451 Å². The zero-order chi connectivity index (χ0) is 53.3. The maximum atomic E-state index is 14.2. The van der Waals surface area contributed by atoms with E-state index in [0.29, 0.717) is 53.4 Å². The smallest absolute Gasteiger partial charge is 0.254 e. The second-order valence-corrected chi connectivity index (χ2v) is 22.4. The van der Waals surface area contributed by atoms with E-state index in [0.717, 1.165) is 92.2 Å². The number of β-amino-alcohol motifs (C(OH)–C–C–N with tert-alkyl or cyclic N) is 1. The molecule has 4 saturated heterocycles. The van der Waals surface area contributed by atoms with Gasteiger partial charge in [0.1, 0.15) is 30.4 Å². The highest BCUT2D eigenvalue weighted by Crippen LogP contribution is 2.41. The molecule has 1 saturated carbocycles. The van der Waals surface area contributed by atoms with Crippen LogP contribution in [0.4, 0.5) is 17.2 Å². The van der Waals surface area contributed by atoms with Gasteiger partial charge in [0.2, 0.25) is 17.7 Å². The lowest BCUT2D eigenvalue weighted by Crippen LogP contribution is -2.54. The number of benzene rings is 1. The molecule has 6 aromatic rings. The van der Waals surface area contributed by atoms with E-state index in [4.69, 9.17) is 24.5 Å². The number of aryl methyl sites for hydroxylation is 1. The van der Waals surface area contributed by atoms with Crippen LogP contribution in [0.3, 0.4) is 0 Å². The van der Waals surface area contributed by atoms with Gasteiger partial charge in [-0.15, -0.1) is 21.5 Å². The average Bonchev–Trinajstić information content (AvgIpc) is 4.22. The molecule has 1 aliphatic carbocycles. The number of nitrogens with zero attached hydrogens (tertiary/aromatic N) is 10. The molecule has 21 heteroatoms.